The number of anilines is 1. The van der Waals surface area contributed by atoms with Gasteiger partial charge in [0.1, 0.15) is 6.04 Å². The molecule has 1 heterocycles. The van der Waals surface area contributed by atoms with Crippen LogP contribution in [-0.2, 0) is 14.8 Å². The van der Waals surface area contributed by atoms with Gasteiger partial charge in [-0.15, -0.1) is 0 Å². The Morgan fingerprint density at radius 3 is 2.58 bits per heavy atom. The first-order chi connectivity index (χ1) is 12.3. The molecule has 1 amide bonds. The minimum atomic E-state index is -3.63. The van der Waals surface area contributed by atoms with Gasteiger partial charge in [0, 0.05) is 18.1 Å². The largest absolute Gasteiger partial charge is 0.353 e. The average molecular weight is 402 g/mol. The Bertz CT molecular complexity index is 705. The number of hydrogen-bond acceptors (Lipinski definition) is 4. The number of benzene rings is 1. The van der Waals surface area contributed by atoms with Crippen molar-refractivity contribution in [2.45, 2.75) is 38.6 Å². The molecule has 1 aromatic carbocycles. The molecule has 1 atom stereocenters. The summed E-state index contributed by atoms with van der Waals surface area (Å²) < 4.78 is 25.9. The molecule has 0 aromatic heterocycles. The second-order valence-corrected chi connectivity index (χ2v) is 8.95. The van der Waals surface area contributed by atoms with E-state index in [4.69, 9.17) is 11.6 Å². The summed E-state index contributed by atoms with van der Waals surface area (Å²) in [4.78, 5) is 15.0. The van der Waals surface area contributed by atoms with Gasteiger partial charge in [0.15, 0.2) is 0 Å². The van der Waals surface area contributed by atoms with E-state index in [9.17, 15) is 13.2 Å². The molecule has 0 unspecified atom stereocenters. The Labute approximate surface area is 161 Å². The lowest BCUT2D eigenvalue weighted by atomic mass is 10.1. The van der Waals surface area contributed by atoms with Crippen LogP contribution in [0.1, 0.15) is 32.6 Å². The molecule has 0 saturated carbocycles. The SMILES string of the molecule is CC[C@H](C(=O)NCCN1CCCCC1)N(c1cccc(Cl)c1)S(C)(=O)=O. The van der Waals surface area contributed by atoms with Gasteiger partial charge in [-0.25, -0.2) is 8.42 Å². The van der Waals surface area contributed by atoms with Crippen LogP contribution in [0, 0.1) is 0 Å². The average Bonchev–Trinajstić information content (AvgIpc) is 2.59. The number of sulfonamides is 1. The van der Waals surface area contributed by atoms with E-state index < -0.39 is 16.1 Å². The molecule has 1 fully saturated rings. The molecule has 1 aliphatic heterocycles. The summed E-state index contributed by atoms with van der Waals surface area (Å²) in [6.45, 7) is 5.23. The van der Waals surface area contributed by atoms with Crippen LogP contribution in [-0.4, -0.2) is 57.7 Å². The van der Waals surface area contributed by atoms with Crippen LogP contribution < -0.4 is 9.62 Å². The fourth-order valence-corrected chi connectivity index (χ4v) is 4.70. The van der Waals surface area contributed by atoms with Gasteiger partial charge in [0.2, 0.25) is 15.9 Å². The molecule has 0 spiro atoms. The van der Waals surface area contributed by atoms with Gasteiger partial charge in [-0.3, -0.25) is 9.10 Å². The van der Waals surface area contributed by atoms with Crippen molar-refractivity contribution in [1.82, 2.24) is 10.2 Å². The molecule has 1 aromatic rings. The predicted octanol–water partition coefficient (Wildman–Crippen LogP) is 2.49. The number of piperidine rings is 1. The molecule has 0 bridgehead atoms. The second-order valence-electron chi connectivity index (χ2n) is 6.66. The maximum Gasteiger partial charge on any atom is 0.243 e. The zero-order chi connectivity index (χ0) is 19.2. The van der Waals surface area contributed by atoms with Gasteiger partial charge in [0.05, 0.1) is 11.9 Å². The van der Waals surface area contributed by atoms with Gasteiger partial charge in [-0.05, 0) is 50.6 Å². The summed E-state index contributed by atoms with van der Waals surface area (Å²) in [6, 6.07) is 5.76. The molecule has 1 saturated heterocycles. The summed E-state index contributed by atoms with van der Waals surface area (Å²) in [5.74, 6) is -0.282. The number of likely N-dealkylation sites (tertiary alicyclic amines) is 1. The van der Waals surface area contributed by atoms with Crippen molar-refractivity contribution in [3.05, 3.63) is 29.3 Å². The van der Waals surface area contributed by atoms with Crippen LogP contribution in [0.3, 0.4) is 0 Å². The topological polar surface area (TPSA) is 69.7 Å². The van der Waals surface area contributed by atoms with E-state index in [1.807, 2.05) is 0 Å². The van der Waals surface area contributed by atoms with E-state index in [1.54, 1.807) is 31.2 Å². The number of hydrogen-bond donors (Lipinski definition) is 1. The Morgan fingerprint density at radius 2 is 2.00 bits per heavy atom. The van der Waals surface area contributed by atoms with Crippen molar-refractivity contribution < 1.29 is 13.2 Å². The molecular formula is C18H28ClN3O3S. The van der Waals surface area contributed by atoms with Crippen molar-refractivity contribution >= 4 is 33.2 Å². The molecule has 2 rings (SSSR count). The monoisotopic (exact) mass is 401 g/mol. The van der Waals surface area contributed by atoms with Crippen LogP contribution >= 0.6 is 11.6 Å². The fraction of sp³-hybridized carbons (Fsp3) is 0.611. The van der Waals surface area contributed by atoms with Gasteiger partial charge in [0.25, 0.3) is 0 Å². The van der Waals surface area contributed by atoms with Crippen molar-refractivity contribution in [2.24, 2.45) is 0 Å². The second kappa shape index (κ2) is 9.58. The number of halogens is 1. The lowest BCUT2D eigenvalue weighted by molar-refractivity contribution is -0.122. The molecule has 6 nitrogen and oxygen atoms in total. The number of rotatable bonds is 8. The minimum absolute atomic E-state index is 0.282. The fourth-order valence-electron chi connectivity index (χ4n) is 3.31. The molecular weight excluding hydrogens is 374 g/mol. The Hall–Kier alpha value is -1.31. The highest BCUT2D eigenvalue weighted by Gasteiger charge is 2.31. The van der Waals surface area contributed by atoms with E-state index in [2.05, 4.69) is 10.2 Å². The lowest BCUT2D eigenvalue weighted by Gasteiger charge is -2.31. The summed E-state index contributed by atoms with van der Waals surface area (Å²) in [5.41, 5.74) is 0.401. The Morgan fingerprint density at radius 1 is 1.31 bits per heavy atom. The van der Waals surface area contributed by atoms with Crippen molar-refractivity contribution in [2.75, 3.05) is 36.7 Å². The normalized spacial score (nSPS) is 16.9. The first kappa shape index (κ1) is 21.0. The third-order valence-electron chi connectivity index (χ3n) is 4.57. The third-order valence-corrected chi connectivity index (χ3v) is 5.98. The first-order valence-corrected chi connectivity index (χ1v) is 11.3. The summed E-state index contributed by atoms with van der Waals surface area (Å²) >= 11 is 6.01. The van der Waals surface area contributed by atoms with E-state index in [0.717, 1.165) is 30.2 Å². The summed E-state index contributed by atoms with van der Waals surface area (Å²) in [5, 5.41) is 3.33. The highest BCUT2D eigenvalue weighted by molar-refractivity contribution is 7.92. The molecule has 1 aliphatic rings. The van der Waals surface area contributed by atoms with E-state index in [-0.39, 0.29) is 5.91 Å². The molecule has 146 valence electrons. The maximum atomic E-state index is 12.7. The van der Waals surface area contributed by atoms with E-state index >= 15 is 0 Å². The smallest absolute Gasteiger partial charge is 0.243 e. The number of nitrogens with zero attached hydrogens (tertiary/aromatic N) is 2. The maximum absolute atomic E-state index is 12.7. The summed E-state index contributed by atoms with van der Waals surface area (Å²) in [7, 11) is -3.63. The molecule has 1 N–H and O–H groups in total. The van der Waals surface area contributed by atoms with E-state index in [0.29, 0.717) is 23.7 Å². The van der Waals surface area contributed by atoms with Crippen LogP contribution in [0.4, 0.5) is 5.69 Å². The summed E-state index contributed by atoms with van der Waals surface area (Å²) in [6.07, 6.45) is 5.14. The van der Waals surface area contributed by atoms with Crippen LogP contribution in [0.25, 0.3) is 0 Å². The molecule has 8 heteroatoms. The number of carbonyl (C=O) groups excluding carboxylic acids is 1. The standard InChI is InChI=1S/C18H28ClN3O3S/c1-3-17(18(23)20-10-13-21-11-5-4-6-12-21)22(26(2,24)25)16-9-7-8-15(19)14-16/h7-9,14,17H,3-6,10-13H2,1-2H3,(H,20,23)/t17-/m1/s1. The third kappa shape index (κ3) is 5.86. The first-order valence-electron chi connectivity index (χ1n) is 9.08. The van der Waals surface area contributed by atoms with Crippen molar-refractivity contribution in [3.63, 3.8) is 0 Å². The highest BCUT2D eigenvalue weighted by Crippen LogP contribution is 2.25. The van der Waals surface area contributed by atoms with Gasteiger partial charge < -0.3 is 10.2 Å². The molecule has 0 aliphatic carbocycles. The van der Waals surface area contributed by atoms with Crippen molar-refractivity contribution in [3.8, 4) is 0 Å². The molecule has 0 radical (unpaired) electrons. The Balaban J connectivity index is 2.07. The van der Waals surface area contributed by atoms with Gasteiger partial charge >= 0.3 is 0 Å². The Kier molecular flexibility index (Phi) is 7.73. The number of nitrogens with one attached hydrogen (secondary N) is 1. The predicted molar refractivity (Wildman–Crippen MR) is 106 cm³/mol. The quantitative estimate of drug-likeness (QED) is 0.726. The number of carbonyl (C=O) groups is 1. The number of amides is 1. The van der Waals surface area contributed by atoms with Crippen LogP contribution in [0.2, 0.25) is 5.02 Å². The van der Waals surface area contributed by atoms with Crippen LogP contribution in [0.15, 0.2) is 24.3 Å². The van der Waals surface area contributed by atoms with E-state index in [1.165, 1.54) is 19.3 Å². The zero-order valence-corrected chi connectivity index (χ0v) is 17.0. The van der Waals surface area contributed by atoms with Crippen molar-refractivity contribution in [1.29, 1.82) is 0 Å². The van der Waals surface area contributed by atoms with Gasteiger partial charge in [-0.1, -0.05) is 31.0 Å². The molecule has 26 heavy (non-hydrogen) atoms. The lowest BCUT2D eigenvalue weighted by Crippen LogP contribution is -2.50. The van der Waals surface area contributed by atoms with Gasteiger partial charge in [-0.2, -0.15) is 0 Å². The minimum Gasteiger partial charge on any atom is -0.353 e. The van der Waals surface area contributed by atoms with Crippen LogP contribution in [0.5, 0.6) is 0 Å². The zero-order valence-electron chi connectivity index (χ0n) is 15.4. The highest BCUT2D eigenvalue weighted by atomic mass is 35.5.